The van der Waals surface area contributed by atoms with Crippen LogP contribution in [0.3, 0.4) is 0 Å². The van der Waals surface area contributed by atoms with Gasteiger partial charge in [-0.2, -0.15) is 0 Å². The molecule has 1 N–H and O–H groups in total. The van der Waals surface area contributed by atoms with Crippen LogP contribution in [0.2, 0.25) is 0 Å². The Kier molecular flexibility index (Phi) is 7.49. The van der Waals surface area contributed by atoms with Crippen LogP contribution in [0.15, 0.2) is 54.7 Å². The Bertz CT molecular complexity index is 820. The lowest BCUT2D eigenvalue weighted by atomic mass is 10.1. The number of nitrogens with zero attached hydrogens (tertiary/aromatic N) is 1. The Balaban J connectivity index is 1.58. The van der Waals surface area contributed by atoms with Gasteiger partial charge < -0.3 is 14.6 Å². The molecular formula is C24H32N2O. The van der Waals surface area contributed by atoms with E-state index in [1.54, 1.807) is 0 Å². The minimum atomic E-state index is 0.849. The summed E-state index contributed by atoms with van der Waals surface area (Å²) in [4.78, 5) is 0. The molecule has 0 bridgehead atoms. The van der Waals surface area contributed by atoms with Crippen LogP contribution in [0.5, 0.6) is 0 Å². The van der Waals surface area contributed by atoms with Crippen molar-refractivity contribution in [2.75, 3.05) is 19.8 Å². The average molecular weight is 365 g/mol. The maximum Gasteiger partial charge on any atom is 0.0486 e. The van der Waals surface area contributed by atoms with Crippen LogP contribution in [-0.2, 0) is 17.8 Å². The molecule has 144 valence electrons. The molecule has 0 saturated carbocycles. The van der Waals surface area contributed by atoms with Gasteiger partial charge in [-0.3, -0.25) is 0 Å². The predicted molar refractivity (Wildman–Crippen MR) is 114 cm³/mol. The lowest BCUT2D eigenvalue weighted by Gasteiger charge is -2.06. The number of unbranched alkanes of at least 4 members (excludes halogenated alkanes) is 1. The van der Waals surface area contributed by atoms with Gasteiger partial charge in [0, 0.05) is 43.4 Å². The summed E-state index contributed by atoms with van der Waals surface area (Å²) in [5, 5.41) is 4.92. The van der Waals surface area contributed by atoms with E-state index in [2.05, 4.69) is 78.5 Å². The highest BCUT2D eigenvalue weighted by atomic mass is 16.5. The lowest BCUT2D eigenvalue weighted by Crippen LogP contribution is -2.16. The highest BCUT2D eigenvalue weighted by molar-refractivity contribution is 5.84. The monoisotopic (exact) mass is 364 g/mol. The van der Waals surface area contributed by atoms with Crippen molar-refractivity contribution < 1.29 is 4.74 Å². The molecule has 0 aliphatic rings. The Hall–Kier alpha value is -2.10. The summed E-state index contributed by atoms with van der Waals surface area (Å²) in [6.45, 7) is 8.87. The fourth-order valence-corrected chi connectivity index (χ4v) is 3.36. The highest BCUT2D eigenvalue weighted by Crippen LogP contribution is 2.22. The first kappa shape index (κ1) is 19.7. The zero-order valence-electron chi connectivity index (χ0n) is 16.7. The quantitative estimate of drug-likeness (QED) is 0.468. The first-order chi connectivity index (χ1) is 13.3. The third-order valence-corrected chi connectivity index (χ3v) is 4.94. The number of ether oxygens (including phenoxy) is 1. The van der Waals surface area contributed by atoms with Crippen molar-refractivity contribution in [3.05, 3.63) is 71.4 Å². The summed E-state index contributed by atoms with van der Waals surface area (Å²) in [5.41, 5.74) is 5.31. The van der Waals surface area contributed by atoms with E-state index in [1.807, 2.05) is 0 Å². The van der Waals surface area contributed by atoms with Gasteiger partial charge in [-0.1, -0.05) is 61.4 Å². The highest BCUT2D eigenvalue weighted by Gasteiger charge is 2.08. The van der Waals surface area contributed by atoms with Crippen molar-refractivity contribution in [3.63, 3.8) is 0 Å². The topological polar surface area (TPSA) is 26.2 Å². The molecule has 27 heavy (non-hydrogen) atoms. The van der Waals surface area contributed by atoms with Gasteiger partial charge in [0.1, 0.15) is 0 Å². The van der Waals surface area contributed by atoms with E-state index in [0.29, 0.717) is 0 Å². The number of aromatic nitrogens is 1. The number of hydrogen-bond acceptors (Lipinski definition) is 2. The summed E-state index contributed by atoms with van der Waals surface area (Å²) in [6, 6.07) is 17.5. The van der Waals surface area contributed by atoms with E-state index in [9.17, 15) is 0 Å². The van der Waals surface area contributed by atoms with Gasteiger partial charge in [0.15, 0.2) is 0 Å². The third kappa shape index (κ3) is 5.69. The van der Waals surface area contributed by atoms with Crippen molar-refractivity contribution in [1.82, 2.24) is 9.88 Å². The van der Waals surface area contributed by atoms with Crippen LogP contribution in [0.4, 0.5) is 0 Å². The smallest absolute Gasteiger partial charge is 0.0486 e. The second-order valence-electron chi connectivity index (χ2n) is 7.28. The van der Waals surface area contributed by atoms with Crippen LogP contribution < -0.4 is 5.32 Å². The maximum absolute atomic E-state index is 5.63. The van der Waals surface area contributed by atoms with Gasteiger partial charge in [-0.05, 0) is 43.5 Å². The molecule has 0 radical (unpaired) electrons. The third-order valence-electron chi connectivity index (χ3n) is 4.94. The zero-order valence-corrected chi connectivity index (χ0v) is 16.7. The molecule has 3 heteroatoms. The van der Waals surface area contributed by atoms with E-state index in [0.717, 1.165) is 45.7 Å². The van der Waals surface area contributed by atoms with Crippen LogP contribution >= 0.6 is 0 Å². The van der Waals surface area contributed by atoms with Gasteiger partial charge >= 0.3 is 0 Å². The molecule has 3 aromatic rings. The van der Waals surface area contributed by atoms with E-state index in [4.69, 9.17) is 4.74 Å². The van der Waals surface area contributed by atoms with E-state index in [1.165, 1.54) is 34.0 Å². The standard InChI is InChI=1S/C24H32N2O/c1-3-4-15-27-16-7-14-25-17-22-19-26(24-9-6-5-8-23(22)24)18-21-12-10-20(2)11-13-21/h5-6,8-13,19,25H,3-4,7,14-18H2,1-2H3. The molecule has 0 aliphatic carbocycles. The number of benzene rings is 2. The second-order valence-corrected chi connectivity index (χ2v) is 7.28. The molecule has 0 aliphatic heterocycles. The predicted octanol–water partition coefficient (Wildman–Crippen LogP) is 5.29. The van der Waals surface area contributed by atoms with Crippen LogP contribution in [0.25, 0.3) is 10.9 Å². The van der Waals surface area contributed by atoms with Crippen LogP contribution in [0.1, 0.15) is 42.9 Å². The number of para-hydroxylation sites is 1. The Labute approximate surface area is 163 Å². The summed E-state index contributed by atoms with van der Waals surface area (Å²) in [5.74, 6) is 0. The molecule has 0 saturated heterocycles. The SMILES string of the molecule is CCCCOCCCNCc1cn(Cc2ccc(C)cc2)c2ccccc12. The number of hydrogen-bond donors (Lipinski definition) is 1. The van der Waals surface area contributed by atoms with Gasteiger partial charge in [0.05, 0.1) is 0 Å². The molecule has 2 aromatic carbocycles. The first-order valence-corrected chi connectivity index (χ1v) is 10.2. The molecule has 3 nitrogen and oxygen atoms in total. The molecule has 0 unspecified atom stereocenters. The van der Waals surface area contributed by atoms with Gasteiger partial charge in [-0.25, -0.2) is 0 Å². The normalized spacial score (nSPS) is 11.3. The number of rotatable bonds is 11. The molecular weight excluding hydrogens is 332 g/mol. The summed E-state index contributed by atoms with van der Waals surface area (Å²) in [6.07, 6.45) is 5.72. The molecule has 0 spiro atoms. The van der Waals surface area contributed by atoms with E-state index >= 15 is 0 Å². The molecule has 0 fully saturated rings. The second kappa shape index (κ2) is 10.3. The van der Waals surface area contributed by atoms with Crippen molar-refractivity contribution in [2.45, 2.75) is 46.2 Å². The minimum Gasteiger partial charge on any atom is -0.381 e. The van der Waals surface area contributed by atoms with Crippen molar-refractivity contribution in [1.29, 1.82) is 0 Å². The van der Waals surface area contributed by atoms with E-state index in [-0.39, 0.29) is 0 Å². The van der Waals surface area contributed by atoms with Crippen LogP contribution in [0, 0.1) is 6.92 Å². The van der Waals surface area contributed by atoms with Gasteiger partial charge in [-0.15, -0.1) is 0 Å². The van der Waals surface area contributed by atoms with Crippen molar-refractivity contribution in [3.8, 4) is 0 Å². The maximum atomic E-state index is 5.63. The van der Waals surface area contributed by atoms with Gasteiger partial charge in [0.2, 0.25) is 0 Å². The fourth-order valence-electron chi connectivity index (χ4n) is 3.36. The molecule has 0 amide bonds. The summed E-state index contributed by atoms with van der Waals surface area (Å²) in [7, 11) is 0. The van der Waals surface area contributed by atoms with Crippen molar-refractivity contribution >= 4 is 10.9 Å². The fraction of sp³-hybridized carbons (Fsp3) is 0.417. The summed E-state index contributed by atoms with van der Waals surface area (Å²) < 4.78 is 8.00. The Morgan fingerprint density at radius 2 is 1.74 bits per heavy atom. The van der Waals surface area contributed by atoms with Crippen molar-refractivity contribution in [2.24, 2.45) is 0 Å². The number of nitrogens with one attached hydrogen (secondary N) is 1. The molecule has 0 atom stereocenters. The minimum absolute atomic E-state index is 0.849. The molecule has 3 rings (SSSR count). The van der Waals surface area contributed by atoms with Gasteiger partial charge in [0.25, 0.3) is 0 Å². The largest absolute Gasteiger partial charge is 0.381 e. The lowest BCUT2D eigenvalue weighted by molar-refractivity contribution is 0.129. The molecule has 1 heterocycles. The van der Waals surface area contributed by atoms with Crippen LogP contribution in [-0.4, -0.2) is 24.3 Å². The van der Waals surface area contributed by atoms with E-state index < -0.39 is 0 Å². The average Bonchev–Trinajstić information content (AvgIpc) is 3.03. The Morgan fingerprint density at radius 3 is 2.56 bits per heavy atom. The first-order valence-electron chi connectivity index (χ1n) is 10.2. The number of fused-ring (bicyclic) bond motifs is 1. The summed E-state index contributed by atoms with van der Waals surface area (Å²) >= 11 is 0. The molecule has 1 aromatic heterocycles. The zero-order chi connectivity index (χ0) is 18.9. The number of aryl methyl sites for hydroxylation is 1. The Morgan fingerprint density at radius 1 is 0.963 bits per heavy atom.